The predicted octanol–water partition coefficient (Wildman–Crippen LogP) is -0.0811. The minimum Gasteiger partial charge on any atom is -0.255 e. The third-order valence-corrected chi connectivity index (χ3v) is 6.76. The van der Waals surface area contributed by atoms with Crippen LogP contribution in [-0.4, -0.2) is 9.36 Å². The van der Waals surface area contributed by atoms with Crippen LogP contribution in [0.15, 0.2) is 9.59 Å². The summed E-state index contributed by atoms with van der Waals surface area (Å²) in [6, 6.07) is 0.845. The first-order valence-electron chi connectivity index (χ1n) is 5.65. The van der Waals surface area contributed by atoms with Gasteiger partial charge < -0.3 is 0 Å². The maximum atomic E-state index is 11.7. The van der Waals surface area contributed by atoms with E-state index in [1.54, 1.807) is 0 Å². The second-order valence-corrected chi connectivity index (χ2v) is 6.67. The summed E-state index contributed by atoms with van der Waals surface area (Å²) in [4.78, 5) is 23.4. The van der Waals surface area contributed by atoms with Crippen molar-refractivity contribution in [3.05, 3.63) is 19.3 Å². The van der Waals surface area contributed by atoms with Crippen molar-refractivity contribution >= 4 is 11.3 Å². The number of nitrogens with zero attached hydrogens (tertiary/aromatic N) is 2. The van der Waals surface area contributed by atoms with Gasteiger partial charge in [-0.2, -0.15) is 0 Å². The minimum atomic E-state index is -0.0132. The van der Waals surface area contributed by atoms with E-state index >= 15 is 0 Å². The van der Waals surface area contributed by atoms with E-state index in [0.29, 0.717) is 12.1 Å². The Bertz CT molecular complexity index is 581. The van der Waals surface area contributed by atoms with Crippen LogP contribution in [0.3, 0.4) is 0 Å². The highest BCUT2D eigenvalue weighted by molar-refractivity contribution is 7.06. The lowest BCUT2D eigenvalue weighted by Crippen LogP contribution is -2.91. The molecule has 0 radical (unpaired) electrons. The molecule has 4 aliphatic carbocycles. The fraction of sp³-hybridized carbons (Fsp3) is 0.800. The summed E-state index contributed by atoms with van der Waals surface area (Å²) in [6.07, 6.45) is 0. The molecule has 76 valence electrons. The van der Waals surface area contributed by atoms with E-state index in [2.05, 4.69) is 0 Å². The Kier molecular flexibility index (Phi) is 0.663. The minimum absolute atomic E-state index is 0.0132. The van der Waals surface area contributed by atoms with Crippen molar-refractivity contribution in [2.45, 2.75) is 12.1 Å². The summed E-state index contributed by atoms with van der Waals surface area (Å²) < 4.78 is 3.62. The van der Waals surface area contributed by atoms with Gasteiger partial charge in [0.2, 0.25) is 0 Å². The SMILES string of the molecule is O=c1sc(=O)n2n1C1C3C4C5C3C2C5C41. The fourth-order valence-corrected chi connectivity index (χ4v) is 6.60. The van der Waals surface area contributed by atoms with Crippen molar-refractivity contribution in [1.29, 1.82) is 0 Å². The van der Waals surface area contributed by atoms with Gasteiger partial charge in [-0.05, 0) is 46.8 Å². The first-order valence-corrected chi connectivity index (χ1v) is 6.46. The maximum Gasteiger partial charge on any atom is 0.327 e. The van der Waals surface area contributed by atoms with Crippen LogP contribution >= 0.6 is 11.3 Å². The Morgan fingerprint density at radius 2 is 1.13 bits per heavy atom. The van der Waals surface area contributed by atoms with Crippen LogP contribution in [0.1, 0.15) is 12.1 Å². The number of aromatic nitrogens is 2. The monoisotopic (exact) mass is 220 g/mol. The summed E-state index contributed by atoms with van der Waals surface area (Å²) in [5, 5.41) is 0. The Hall–Kier alpha value is -0.840. The maximum absolute atomic E-state index is 11.7. The highest BCUT2D eigenvalue weighted by Crippen LogP contribution is 2.91. The number of rotatable bonds is 0. The van der Waals surface area contributed by atoms with E-state index in [4.69, 9.17) is 0 Å². The molecule has 7 rings (SSSR count). The molecule has 5 heteroatoms. The molecule has 2 bridgehead atoms. The highest BCUT2D eigenvalue weighted by Gasteiger charge is 2.90. The van der Waals surface area contributed by atoms with E-state index < -0.39 is 0 Å². The molecule has 4 atom stereocenters. The van der Waals surface area contributed by atoms with Crippen LogP contribution in [0.5, 0.6) is 0 Å². The lowest BCUT2D eigenvalue weighted by molar-refractivity contribution is -0.450. The third kappa shape index (κ3) is 0.363. The summed E-state index contributed by atoms with van der Waals surface area (Å²) in [7, 11) is 0. The average molecular weight is 220 g/mol. The van der Waals surface area contributed by atoms with Gasteiger partial charge in [0.05, 0.1) is 12.1 Å². The Balaban J connectivity index is 1.82. The van der Waals surface area contributed by atoms with Crippen LogP contribution in [0, 0.1) is 35.5 Å². The molecule has 1 aromatic rings. The largest absolute Gasteiger partial charge is 0.327 e. The topological polar surface area (TPSA) is 44.0 Å². The standard InChI is InChI=1S/C10H8N2O2S/c13-9-11-7-3-1-2-5(3)8(6(2)4(1)7)12(11)10(14)15-9/h1-8H. The molecule has 0 amide bonds. The molecule has 3 heterocycles. The van der Waals surface area contributed by atoms with E-state index in [1.165, 1.54) is 0 Å². The molecule has 0 saturated heterocycles. The first kappa shape index (κ1) is 6.68. The van der Waals surface area contributed by atoms with Crippen LogP contribution in [0.4, 0.5) is 0 Å². The zero-order chi connectivity index (χ0) is 9.64. The van der Waals surface area contributed by atoms with Crippen LogP contribution < -0.4 is 9.75 Å². The number of hydrogen-bond donors (Lipinski definition) is 0. The molecule has 0 N–H and O–H groups in total. The van der Waals surface area contributed by atoms with Crippen molar-refractivity contribution in [2.75, 3.05) is 0 Å². The molecular formula is C10H8N2O2S. The zero-order valence-corrected chi connectivity index (χ0v) is 8.55. The van der Waals surface area contributed by atoms with Crippen LogP contribution in [0.25, 0.3) is 0 Å². The van der Waals surface area contributed by atoms with Crippen molar-refractivity contribution < 1.29 is 0 Å². The molecule has 4 unspecified atom stereocenters. The lowest BCUT2D eigenvalue weighted by Gasteiger charge is -2.91. The van der Waals surface area contributed by atoms with E-state index in [0.717, 1.165) is 46.8 Å². The van der Waals surface area contributed by atoms with Gasteiger partial charge in [0, 0.05) is 0 Å². The lowest BCUT2D eigenvalue weighted by atomic mass is 9.16. The summed E-state index contributed by atoms with van der Waals surface area (Å²) in [5.41, 5.74) is 0. The summed E-state index contributed by atoms with van der Waals surface area (Å²) >= 11 is 0.902. The van der Waals surface area contributed by atoms with Gasteiger partial charge in [-0.1, -0.05) is 0 Å². The molecule has 0 aromatic carbocycles. The van der Waals surface area contributed by atoms with Crippen LogP contribution in [-0.2, 0) is 0 Å². The number of hydrogen-bond acceptors (Lipinski definition) is 3. The molecule has 6 aliphatic rings. The molecule has 15 heavy (non-hydrogen) atoms. The normalized spacial score (nSPS) is 63.2. The van der Waals surface area contributed by atoms with Crippen molar-refractivity contribution in [2.24, 2.45) is 35.5 Å². The Morgan fingerprint density at radius 3 is 1.53 bits per heavy atom. The molecule has 4 fully saturated rings. The van der Waals surface area contributed by atoms with Gasteiger partial charge in [-0.15, -0.1) is 0 Å². The van der Waals surface area contributed by atoms with Gasteiger partial charge in [0.15, 0.2) is 0 Å². The first-order chi connectivity index (χ1) is 7.30. The van der Waals surface area contributed by atoms with Crippen molar-refractivity contribution in [3.63, 3.8) is 0 Å². The summed E-state index contributed by atoms with van der Waals surface area (Å²) in [6.45, 7) is 0. The fourth-order valence-electron chi connectivity index (χ4n) is 5.85. The Labute approximate surface area is 88.1 Å². The van der Waals surface area contributed by atoms with Crippen molar-refractivity contribution in [3.8, 4) is 0 Å². The molecule has 0 spiro atoms. The Morgan fingerprint density at radius 1 is 0.733 bits per heavy atom. The average Bonchev–Trinajstić information content (AvgIpc) is 2.42. The van der Waals surface area contributed by atoms with E-state index in [9.17, 15) is 9.59 Å². The molecule has 2 aliphatic heterocycles. The van der Waals surface area contributed by atoms with Gasteiger partial charge in [0.25, 0.3) is 0 Å². The molecule has 4 saturated carbocycles. The van der Waals surface area contributed by atoms with E-state index in [-0.39, 0.29) is 9.75 Å². The summed E-state index contributed by atoms with van der Waals surface area (Å²) in [5.74, 6) is 5.03. The zero-order valence-electron chi connectivity index (χ0n) is 7.74. The van der Waals surface area contributed by atoms with Gasteiger partial charge >= 0.3 is 9.75 Å². The van der Waals surface area contributed by atoms with Gasteiger partial charge in [-0.25, -0.2) is 9.36 Å². The quantitative estimate of drug-likeness (QED) is 0.614. The van der Waals surface area contributed by atoms with Crippen LogP contribution in [0.2, 0.25) is 0 Å². The third-order valence-electron chi connectivity index (χ3n) is 6.03. The second kappa shape index (κ2) is 1.49. The smallest absolute Gasteiger partial charge is 0.255 e. The molecular weight excluding hydrogens is 212 g/mol. The van der Waals surface area contributed by atoms with Gasteiger partial charge in [0.1, 0.15) is 0 Å². The van der Waals surface area contributed by atoms with Crippen molar-refractivity contribution in [1.82, 2.24) is 9.36 Å². The predicted molar refractivity (Wildman–Crippen MR) is 51.9 cm³/mol. The highest BCUT2D eigenvalue weighted by atomic mass is 32.1. The van der Waals surface area contributed by atoms with Gasteiger partial charge in [-0.3, -0.25) is 9.59 Å². The second-order valence-electron chi connectivity index (χ2n) is 5.77. The van der Waals surface area contributed by atoms with E-state index in [1.807, 2.05) is 9.36 Å². The molecule has 1 aromatic heterocycles. The molecule has 4 nitrogen and oxygen atoms in total.